The fourth-order valence-corrected chi connectivity index (χ4v) is 3.67. The van der Waals surface area contributed by atoms with Crippen molar-refractivity contribution in [3.8, 4) is 0 Å². The third-order valence-corrected chi connectivity index (χ3v) is 4.74. The fourth-order valence-electron chi connectivity index (χ4n) is 2.33. The van der Waals surface area contributed by atoms with Crippen LogP contribution in [0.5, 0.6) is 0 Å². The van der Waals surface area contributed by atoms with E-state index in [0.29, 0.717) is 11.8 Å². The normalized spacial score (nSPS) is 19.0. The molecule has 0 N–H and O–H groups in total. The van der Waals surface area contributed by atoms with Crippen LogP contribution in [0.25, 0.3) is 6.08 Å². The molecule has 0 saturated heterocycles. The molecule has 0 nitrogen and oxygen atoms in total. The Morgan fingerprint density at radius 2 is 2.12 bits per heavy atom. The van der Waals surface area contributed by atoms with Gasteiger partial charge in [0.05, 0.1) is 5.02 Å². The van der Waals surface area contributed by atoms with Crippen LogP contribution in [0.4, 0.5) is 0 Å². The van der Waals surface area contributed by atoms with E-state index in [1.807, 2.05) is 11.4 Å². The summed E-state index contributed by atoms with van der Waals surface area (Å²) in [5, 5.41) is 2.80. The third kappa shape index (κ3) is 3.26. The summed E-state index contributed by atoms with van der Waals surface area (Å²) in [7, 11) is 0. The van der Waals surface area contributed by atoms with Gasteiger partial charge in [0.2, 0.25) is 0 Å². The molecule has 2 rings (SSSR count). The number of allylic oxidation sites excluding steroid dienone is 1. The van der Waals surface area contributed by atoms with Crippen LogP contribution in [-0.4, -0.2) is 5.88 Å². The highest BCUT2D eigenvalue weighted by molar-refractivity contribution is 7.11. The number of hydrogen-bond acceptors (Lipinski definition) is 1. The Bertz CT molecular complexity index is 362. The van der Waals surface area contributed by atoms with Gasteiger partial charge >= 0.3 is 0 Å². The van der Waals surface area contributed by atoms with Gasteiger partial charge in [-0.05, 0) is 30.9 Å². The smallest absolute Gasteiger partial charge is 0.0519 e. The van der Waals surface area contributed by atoms with E-state index < -0.39 is 0 Å². The monoisotopic (exact) mass is 274 g/mol. The van der Waals surface area contributed by atoms with Crippen LogP contribution in [-0.2, 0) is 0 Å². The Labute approximate surface area is 111 Å². The Balaban J connectivity index is 2.11. The minimum Gasteiger partial charge on any atom is -0.143 e. The zero-order valence-electron chi connectivity index (χ0n) is 9.22. The van der Waals surface area contributed by atoms with Crippen molar-refractivity contribution in [1.29, 1.82) is 0 Å². The number of rotatable bonds is 3. The highest BCUT2D eigenvalue weighted by Crippen LogP contribution is 2.32. The van der Waals surface area contributed by atoms with Crippen LogP contribution in [0.1, 0.15) is 37.0 Å². The minimum absolute atomic E-state index is 0.653. The molecule has 0 aromatic carbocycles. The first-order chi connectivity index (χ1) is 7.79. The van der Waals surface area contributed by atoms with Gasteiger partial charge in [-0.1, -0.05) is 36.4 Å². The van der Waals surface area contributed by atoms with Gasteiger partial charge in [0.15, 0.2) is 0 Å². The molecule has 0 unspecified atom stereocenters. The molecule has 1 aromatic heterocycles. The molecular weight excluding hydrogens is 259 g/mol. The molecule has 1 fully saturated rings. The highest BCUT2D eigenvalue weighted by atomic mass is 35.5. The maximum atomic E-state index is 6.06. The van der Waals surface area contributed by atoms with E-state index in [2.05, 4.69) is 6.08 Å². The Morgan fingerprint density at radius 3 is 2.69 bits per heavy atom. The molecular formula is C13H16Cl2S. The highest BCUT2D eigenvalue weighted by Gasteiger charge is 2.17. The van der Waals surface area contributed by atoms with E-state index >= 15 is 0 Å². The van der Waals surface area contributed by atoms with Crippen LogP contribution >= 0.6 is 34.5 Å². The largest absolute Gasteiger partial charge is 0.143 e. The molecule has 1 aliphatic rings. The summed E-state index contributed by atoms with van der Waals surface area (Å²) < 4.78 is 0. The van der Waals surface area contributed by atoms with E-state index in [0.717, 1.165) is 5.02 Å². The predicted molar refractivity (Wildman–Crippen MR) is 74.6 cm³/mol. The van der Waals surface area contributed by atoms with Crippen LogP contribution in [0, 0.1) is 5.92 Å². The molecule has 88 valence electrons. The quantitative estimate of drug-likeness (QED) is 0.629. The molecule has 0 bridgehead atoms. The van der Waals surface area contributed by atoms with Gasteiger partial charge < -0.3 is 0 Å². The molecule has 0 aliphatic heterocycles. The van der Waals surface area contributed by atoms with Crippen molar-refractivity contribution < 1.29 is 0 Å². The lowest BCUT2D eigenvalue weighted by molar-refractivity contribution is 0.405. The first-order valence-electron chi connectivity index (χ1n) is 5.80. The van der Waals surface area contributed by atoms with Crippen molar-refractivity contribution >= 4 is 40.6 Å². The van der Waals surface area contributed by atoms with E-state index in [4.69, 9.17) is 23.2 Å². The molecule has 1 heterocycles. The van der Waals surface area contributed by atoms with Crippen molar-refractivity contribution in [3.63, 3.8) is 0 Å². The summed E-state index contributed by atoms with van der Waals surface area (Å²) in [6.07, 6.45) is 8.93. The summed E-state index contributed by atoms with van der Waals surface area (Å²) >= 11 is 13.7. The molecule has 3 heteroatoms. The minimum atomic E-state index is 0.653. The van der Waals surface area contributed by atoms with Gasteiger partial charge in [0, 0.05) is 16.1 Å². The van der Waals surface area contributed by atoms with Crippen LogP contribution < -0.4 is 0 Å². The average molecular weight is 275 g/mol. The van der Waals surface area contributed by atoms with Gasteiger partial charge in [0.25, 0.3) is 0 Å². The van der Waals surface area contributed by atoms with Gasteiger partial charge in [-0.3, -0.25) is 0 Å². The first kappa shape index (κ1) is 12.5. The van der Waals surface area contributed by atoms with Crippen molar-refractivity contribution in [1.82, 2.24) is 0 Å². The van der Waals surface area contributed by atoms with Crippen molar-refractivity contribution in [2.45, 2.75) is 32.1 Å². The standard InChI is InChI=1S/C13H16Cl2S/c14-8-11(10-4-2-1-3-5-10)6-13-7-12(15)9-16-13/h6-7,9-10H,1-5,8H2. The van der Waals surface area contributed by atoms with Gasteiger partial charge in [0.1, 0.15) is 0 Å². The van der Waals surface area contributed by atoms with Gasteiger partial charge in [-0.2, -0.15) is 0 Å². The second-order valence-corrected chi connectivity index (χ2v) is 6.00. The van der Waals surface area contributed by atoms with Gasteiger partial charge in [-0.25, -0.2) is 0 Å². The SMILES string of the molecule is ClCC(=Cc1cc(Cl)cs1)C1CCCCC1. The molecule has 0 amide bonds. The summed E-state index contributed by atoms with van der Waals surface area (Å²) in [6, 6.07) is 2.02. The summed E-state index contributed by atoms with van der Waals surface area (Å²) in [4.78, 5) is 1.23. The molecule has 1 aliphatic carbocycles. The van der Waals surface area contributed by atoms with Crippen molar-refractivity contribution in [3.05, 3.63) is 26.9 Å². The van der Waals surface area contributed by atoms with Crippen LogP contribution in [0.3, 0.4) is 0 Å². The van der Waals surface area contributed by atoms with E-state index in [1.165, 1.54) is 42.6 Å². The lowest BCUT2D eigenvalue weighted by Gasteiger charge is -2.23. The molecule has 0 spiro atoms. The maximum absolute atomic E-state index is 6.06. The summed E-state index contributed by atoms with van der Waals surface area (Å²) in [5.74, 6) is 1.35. The zero-order valence-corrected chi connectivity index (χ0v) is 11.5. The summed E-state index contributed by atoms with van der Waals surface area (Å²) in [6.45, 7) is 0. The lowest BCUT2D eigenvalue weighted by Crippen LogP contribution is -2.10. The molecule has 1 saturated carbocycles. The molecule has 0 radical (unpaired) electrons. The molecule has 16 heavy (non-hydrogen) atoms. The van der Waals surface area contributed by atoms with E-state index in [-0.39, 0.29) is 0 Å². The van der Waals surface area contributed by atoms with Crippen LogP contribution in [0.2, 0.25) is 5.02 Å². The first-order valence-corrected chi connectivity index (χ1v) is 7.59. The fraction of sp³-hybridized carbons (Fsp3) is 0.538. The topological polar surface area (TPSA) is 0 Å². The number of halogens is 2. The second-order valence-electron chi connectivity index (χ2n) is 4.36. The Morgan fingerprint density at radius 1 is 1.38 bits per heavy atom. The summed E-state index contributed by atoms with van der Waals surface area (Å²) in [5.41, 5.74) is 1.39. The number of hydrogen-bond donors (Lipinski definition) is 0. The van der Waals surface area contributed by atoms with Crippen molar-refractivity contribution in [2.24, 2.45) is 5.92 Å². The third-order valence-electron chi connectivity index (χ3n) is 3.20. The van der Waals surface area contributed by atoms with Crippen molar-refractivity contribution in [2.75, 3.05) is 5.88 Å². The van der Waals surface area contributed by atoms with Crippen LogP contribution in [0.15, 0.2) is 17.0 Å². The number of thiophene rings is 1. The zero-order chi connectivity index (χ0) is 11.4. The van der Waals surface area contributed by atoms with Gasteiger partial charge in [-0.15, -0.1) is 22.9 Å². The van der Waals surface area contributed by atoms with E-state index in [9.17, 15) is 0 Å². The average Bonchev–Trinajstić information content (AvgIpc) is 2.73. The molecule has 1 aromatic rings. The Kier molecular flexibility index (Phi) is 4.75. The Hall–Kier alpha value is 0.0200. The predicted octanol–water partition coefficient (Wildman–Crippen LogP) is 5.60. The maximum Gasteiger partial charge on any atom is 0.0519 e. The van der Waals surface area contributed by atoms with E-state index in [1.54, 1.807) is 11.3 Å². The molecule has 0 atom stereocenters. The lowest BCUT2D eigenvalue weighted by atomic mass is 9.84. The second kappa shape index (κ2) is 6.09. The number of alkyl halides is 1.